The Morgan fingerprint density at radius 3 is 2.68 bits per heavy atom. The Labute approximate surface area is 129 Å². The van der Waals surface area contributed by atoms with Crippen LogP contribution in [-0.4, -0.2) is 24.1 Å². The standard InChI is InChI=1S/C17H20N2O3/c1-4-19(14-8-5-7-13(2)11-14)16(20)12-18-10-6-9-15(22-3)17(18)21/h5-11H,4,12H2,1-3H3. The second-order valence-electron chi connectivity index (χ2n) is 4.99. The largest absolute Gasteiger partial charge is 0.491 e. The van der Waals surface area contributed by atoms with Crippen molar-refractivity contribution in [3.63, 3.8) is 0 Å². The number of benzene rings is 1. The predicted molar refractivity (Wildman–Crippen MR) is 86.5 cm³/mol. The number of hydrogen-bond acceptors (Lipinski definition) is 3. The highest BCUT2D eigenvalue weighted by atomic mass is 16.5. The molecule has 0 aliphatic rings. The van der Waals surface area contributed by atoms with Crippen molar-refractivity contribution in [2.24, 2.45) is 0 Å². The molecule has 0 bridgehead atoms. The van der Waals surface area contributed by atoms with Gasteiger partial charge in [0.25, 0.3) is 5.56 Å². The number of methoxy groups -OCH3 is 1. The molecule has 1 amide bonds. The Balaban J connectivity index is 2.25. The van der Waals surface area contributed by atoms with Crippen molar-refractivity contribution in [2.45, 2.75) is 20.4 Å². The van der Waals surface area contributed by atoms with E-state index in [-0.39, 0.29) is 23.8 Å². The lowest BCUT2D eigenvalue weighted by atomic mass is 10.2. The zero-order valence-electron chi connectivity index (χ0n) is 13.1. The van der Waals surface area contributed by atoms with Crippen LogP contribution in [0.15, 0.2) is 47.4 Å². The van der Waals surface area contributed by atoms with Crippen LogP contribution in [0.4, 0.5) is 5.69 Å². The number of likely N-dealkylation sites (N-methyl/N-ethyl adjacent to an activating group) is 1. The average molecular weight is 300 g/mol. The topological polar surface area (TPSA) is 51.5 Å². The van der Waals surface area contributed by atoms with Gasteiger partial charge in [-0.15, -0.1) is 0 Å². The highest BCUT2D eigenvalue weighted by Gasteiger charge is 2.15. The van der Waals surface area contributed by atoms with Crippen LogP contribution in [0, 0.1) is 6.92 Å². The van der Waals surface area contributed by atoms with Crippen LogP contribution < -0.4 is 15.2 Å². The van der Waals surface area contributed by atoms with E-state index < -0.39 is 0 Å². The molecule has 1 aromatic carbocycles. The number of ether oxygens (including phenoxy) is 1. The highest BCUT2D eigenvalue weighted by Crippen LogP contribution is 2.16. The lowest BCUT2D eigenvalue weighted by Crippen LogP contribution is -2.36. The fourth-order valence-electron chi connectivity index (χ4n) is 2.32. The third-order valence-electron chi connectivity index (χ3n) is 3.44. The van der Waals surface area contributed by atoms with Gasteiger partial charge >= 0.3 is 0 Å². The number of rotatable bonds is 5. The summed E-state index contributed by atoms with van der Waals surface area (Å²) < 4.78 is 6.36. The molecule has 5 heteroatoms. The molecule has 0 fully saturated rings. The van der Waals surface area contributed by atoms with E-state index in [1.165, 1.54) is 11.7 Å². The van der Waals surface area contributed by atoms with E-state index in [4.69, 9.17) is 4.74 Å². The van der Waals surface area contributed by atoms with E-state index in [9.17, 15) is 9.59 Å². The first-order valence-corrected chi connectivity index (χ1v) is 7.17. The summed E-state index contributed by atoms with van der Waals surface area (Å²) >= 11 is 0. The summed E-state index contributed by atoms with van der Waals surface area (Å²) in [6.07, 6.45) is 1.59. The molecule has 1 aromatic heterocycles. The maximum Gasteiger partial charge on any atom is 0.293 e. The Morgan fingerprint density at radius 1 is 1.27 bits per heavy atom. The van der Waals surface area contributed by atoms with E-state index in [1.807, 2.05) is 38.1 Å². The smallest absolute Gasteiger partial charge is 0.293 e. The maximum atomic E-state index is 12.5. The number of aromatic nitrogens is 1. The van der Waals surface area contributed by atoms with Gasteiger partial charge in [0.2, 0.25) is 5.91 Å². The summed E-state index contributed by atoms with van der Waals surface area (Å²) in [6.45, 7) is 4.42. The zero-order chi connectivity index (χ0) is 16.1. The van der Waals surface area contributed by atoms with Crippen molar-refractivity contribution in [3.05, 3.63) is 58.5 Å². The van der Waals surface area contributed by atoms with Gasteiger partial charge in [0, 0.05) is 18.4 Å². The van der Waals surface area contributed by atoms with Gasteiger partial charge in [0.05, 0.1) is 7.11 Å². The van der Waals surface area contributed by atoms with E-state index in [1.54, 1.807) is 23.2 Å². The van der Waals surface area contributed by atoms with E-state index >= 15 is 0 Å². The number of pyridine rings is 1. The molecule has 0 atom stereocenters. The van der Waals surface area contributed by atoms with Crippen LogP contribution in [0.2, 0.25) is 0 Å². The Morgan fingerprint density at radius 2 is 2.05 bits per heavy atom. The van der Waals surface area contributed by atoms with Gasteiger partial charge in [-0.3, -0.25) is 9.59 Å². The molecule has 0 radical (unpaired) electrons. The quantitative estimate of drug-likeness (QED) is 0.851. The van der Waals surface area contributed by atoms with Gasteiger partial charge in [0.1, 0.15) is 6.54 Å². The minimum absolute atomic E-state index is 0.0161. The van der Waals surface area contributed by atoms with Crippen LogP contribution >= 0.6 is 0 Å². The maximum absolute atomic E-state index is 12.5. The molecular weight excluding hydrogens is 280 g/mol. The molecule has 1 heterocycles. The van der Waals surface area contributed by atoms with Crippen LogP contribution in [0.5, 0.6) is 5.75 Å². The number of hydrogen-bond donors (Lipinski definition) is 0. The minimum atomic E-state index is -0.307. The van der Waals surface area contributed by atoms with Crippen LogP contribution in [0.1, 0.15) is 12.5 Å². The molecule has 0 spiro atoms. The minimum Gasteiger partial charge on any atom is -0.491 e. The lowest BCUT2D eigenvalue weighted by Gasteiger charge is -2.22. The molecule has 2 rings (SSSR count). The van der Waals surface area contributed by atoms with Crippen molar-refractivity contribution in [1.29, 1.82) is 0 Å². The van der Waals surface area contributed by atoms with E-state index in [2.05, 4.69) is 0 Å². The van der Waals surface area contributed by atoms with Gasteiger partial charge in [0.15, 0.2) is 5.75 Å². The fourth-order valence-corrected chi connectivity index (χ4v) is 2.32. The van der Waals surface area contributed by atoms with Crippen molar-refractivity contribution in [2.75, 3.05) is 18.6 Å². The highest BCUT2D eigenvalue weighted by molar-refractivity contribution is 5.93. The summed E-state index contributed by atoms with van der Waals surface area (Å²) in [6, 6.07) is 11.0. The normalized spacial score (nSPS) is 10.3. The molecule has 0 aliphatic heterocycles. The van der Waals surface area contributed by atoms with Crippen LogP contribution in [0.3, 0.4) is 0 Å². The number of carbonyl (C=O) groups is 1. The summed E-state index contributed by atoms with van der Waals surface area (Å²) in [4.78, 5) is 26.3. The van der Waals surface area contributed by atoms with Crippen LogP contribution in [-0.2, 0) is 11.3 Å². The Kier molecular flexibility index (Phi) is 4.99. The average Bonchev–Trinajstić information content (AvgIpc) is 2.50. The third kappa shape index (κ3) is 3.36. The van der Waals surface area contributed by atoms with Gasteiger partial charge < -0.3 is 14.2 Å². The molecule has 0 N–H and O–H groups in total. The van der Waals surface area contributed by atoms with Crippen molar-refractivity contribution in [1.82, 2.24) is 4.57 Å². The number of nitrogens with zero attached hydrogens (tertiary/aromatic N) is 2. The van der Waals surface area contributed by atoms with Crippen molar-refractivity contribution in [3.8, 4) is 5.75 Å². The van der Waals surface area contributed by atoms with Crippen molar-refractivity contribution < 1.29 is 9.53 Å². The first-order valence-electron chi connectivity index (χ1n) is 7.17. The first kappa shape index (κ1) is 15.8. The molecule has 0 aliphatic carbocycles. The summed E-state index contributed by atoms with van der Waals surface area (Å²) in [5.74, 6) is 0.0948. The fraction of sp³-hybridized carbons (Fsp3) is 0.294. The molecule has 0 unspecified atom stereocenters. The van der Waals surface area contributed by atoms with Crippen LogP contribution in [0.25, 0.3) is 0 Å². The summed E-state index contributed by atoms with van der Waals surface area (Å²) in [5.41, 5.74) is 1.62. The monoisotopic (exact) mass is 300 g/mol. The third-order valence-corrected chi connectivity index (χ3v) is 3.44. The molecule has 0 saturated carbocycles. The van der Waals surface area contributed by atoms with Gasteiger partial charge in [-0.1, -0.05) is 12.1 Å². The Hall–Kier alpha value is -2.56. The van der Waals surface area contributed by atoms with Gasteiger partial charge in [-0.25, -0.2) is 0 Å². The molecular formula is C17H20N2O3. The Bertz CT molecular complexity index is 722. The SMILES string of the molecule is CCN(C(=O)Cn1cccc(OC)c1=O)c1cccc(C)c1. The molecule has 116 valence electrons. The first-order chi connectivity index (χ1) is 10.6. The molecule has 0 saturated heterocycles. The number of anilines is 1. The molecule has 2 aromatic rings. The van der Waals surface area contributed by atoms with Gasteiger partial charge in [-0.05, 0) is 43.7 Å². The molecule has 5 nitrogen and oxygen atoms in total. The summed E-state index contributed by atoms with van der Waals surface area (Å²) in [5, 5.41) is 0. The molecule has 22 heavy (non-hydrogen) atoms. The van der Waals surface area contributed by atoms with Gasteiger partial charge in [-0.2, -0.15) is 0 Å². The second kappa shape index (κ2) is 6.93. The second-order valence-corrected chi connectivity index (χ2v) is 4.99. The lowest BCUT2D eigenvalue weighted by molar-refractivity contribution is -0.119. The zero-order valence-corrected chi connectivity index (χ0v) is 13.1. The van der Waals surface area contributed by atoms with Crippen molar-refractivity contribution >= 4 is 11.6 Å². The van der Waals surface area contributed by atoms with E-state index in [0.29, 0.717) is 6.54 Å². The number of carbonyl (C=O) groups excluding carboxylic acids is 1. The number of aryl methyl sites for hydroxylation is 1. The summed E-state index contributed by atoms with van der Waals surface area (Å²) in [7, 11) is 1.44. The number of amides is 1. The van der Waals surface area contributed by atoms with E-state index in [0.717, 1.165) is 11.3 Å². The predicted octanol–water partition coefficient (Wildman–Crippen LogP) is 2.22.